The highest BCUT2D eigenvalue weighted by molar-refractivity contribution is 5.92. The summed E-state index contributed by atoms with van der Waals surface area (Å²) in [4.78, 5) is 15.9. The van der Waals surface area contributed by atoms with Crippen molar-refractivity contribution in [2.75, 3.05) is 6.54 Å². The van der Waals surface area contributed by atoms with E-state index < -0.39 is 0 Å². The molecule has 2 aromatic rings. The van der Waals surface area contributed by atoms with Crippen LogP contribution in [0.5, 0.6) is 5.75 Å². The third kappa shape index (κ3) is 5.20. The number of carbonyl (C=O) groups excluding carboxylic acids is 1. The van der Waals surface area contributed by atoms with Crippen molar-refractivity contribution < 1.29 is 9.53 Å². The molecule has 22 heavy (non-hydrogen) atoms. The smallest absolute Gasteiger partial charge is 0.269 e. The van der Waals surface area contributed by atoms with Crippen LogP contribution in [0.15, 0.2) is 48.7 Å². The van der Waals surface area contributed by atoms with E-state index in [1.54, 1.807) is 24.4 Å². The Kier molecular flexibility index (Phi) is 5.15. The summed E-state index contributed by atoms with van der Waals surface area (Å²) in [5.74, 6) is 0.710. The van der Waals surface area contributed by atoms with Crippen molar-refractivity contribution in [3.8, 4) is 5.75 Å². The summed E-state index contributed by atoms with van der Waals surface area (Å²) in [6.45, 7) is 6.64. The fraction of sp³-hybridized carbons (Fsp3) is 0.333. The first-order valence-electron chi connectivity index (χ1n) is 7.41. The van der Waals surface area contributed by atoms with Crippen LogP contribution in [0.4, 0.5) is 0 Å². The largest absolute Gasteiger partial charge is 0.488 e. The van der Waals surface area contributed by atoms with E-state index in [0.717, 1.165) is 17.7 Å². The molecule has 0 fully saturated rings. The van der Waals surface area contributed by atoms with Gasteiger partial charge in [0, 0.05) is 12.7 Å². The van der Waals surface area contributed by atoms with Crippen LogP contribution in [0, 0.1) is 0 Å². The van der Waals surface area contributed by atoms with Crippen LogP contribution >= 0.6 is 0 Å². The molecule has 0 aliphatic carbocycles. The van der Waals surface area contributed by atoms with Gasteiger partial charge in [-0.1, -0.05) is 18.2 Å². The highest BCUT2D eigenvalue weighted by Gasteiger charge is 2.11. The number of rotatable bonds is 5. The zero-order valence-electron chi connectivity index (χ0n) is 13.3. The van der Waals surface area contributed by atoms with Gasteiger partial charge in [0.2, 0.25) is 0 Å². The summed E-state index contributed by atoms with van der Waals surface area (Å²) in [5, 5.41) is 2.87. The summed E-state index contributed by atoms with van der Waals surface area (Å²) < 4.78 is 5.78. The van der Waals surface area contributed by atoms with Crippen molar-refractivity contribution in [1.29, 1.82) is 0 Å². The van der Waals surface area contributed by atoms with Crippen molar-refractivity contribution >= 4 is 5.91 Å². The SMILES string of the molecule is CC(C)(C)Oc1ccc(CCNC(=O)c2ccccn2)cc1. The highest BCUT2D eigenvalue weighted by atomic mass is 16.5. The minimum absolute atomic E-state index is 0.145. The fourth-order valence-electron chi connectivity index (χ4n) is 1.99. The van der Waals surface area contributed by atoms with Crippen LogP contribution in [-0.2, 0) is 6.42 Å². The molecule has 1 aromatic heterocycles. The summed E-state index contributed by atoms with van der Waals surface area (Å²) in [6.07, 6.45) is 2.39. The van der Waals surface area contributed by atoms with Gasteiger partial charge >= 0.3 is 0 Å². The van der Waals surface area contributed by atoms with E-state index in [1.807, 2.05) is 45.0 Å². The minimum Gasteiger partial charge on any atom is -0.488 e. The summed E-state index contributed by atoms with van der Waals surface area (Å²) in [7, 11) is 0. The van der Waals surface area contributed by atoms with Crippen LogP contribution in [0.1, 0.15) is 36.8 Å². The molecule has 1 aromatic carbocycles. The molecule has 0 bridgehead atoms. The normalized spacial score (nSPS) is 11.0. The first-order chi connectivity index (χ1) is 10.4. The Labute approximate surface area is 131 Å². The molecule has 1 amide bonds. The quantitative estimate of drug-likeness (QED) is 0.922. The zero-order chi connectivity index (χ0) is 16.0. The fourth-order valence-corrected chi connectivity index (χ4v) is 1.99. The Morgan fingerprint density at radius 2 is 1.86 bits per heavy atom. The maximum atomic E-state index is 11.9. The first kappa shape index (κ1) is 16.0. The molecule has 0 saturated heterocycles. The third-order valence-electron chi connectivity index (χ3n) is 2.94. The van der Waals surface area contributed by atoms with Gasteiger partial charge in [0.15, 0.2) is 0 Å². The van der Waals surface area contributed by atoms with Crippen LogP contribution in [0.2, 0.25) is 0 Å². The lowest BCUT2D eigenvalue weighted by Gasteiger charge is -2.21. The van der Waals surface area contributed by atoms with Crippen molar-refractivity contribution in [3.05, 3.63) is 59.9 Å². The molecule has 0 spiro atoms. The second-order valence-electron chi connectivity index (χ2n) is 6.08. The zero-order valence-corrected chi connectivity index (χ0v) is 13.3. The molecule has 116 valence electrons. The molecule has 4 heteroatoms. The van der Waals surface area contributed by atoms with E-state index >= 15 is 0 Å². The number of benzene rings is 1. The van der Waals surface area contributed by atoms with Crippen LogP contribution < -0.4 is 10.1 Å². The Morgan fingerprint density at radius 3 is 2.45 bits per heavy atom. The summed E-state index contributed by atoms with van der Waals surface area (Å²) in [6, 6.07) is 13.3. The molecule has 0 atom stereocenters. The van der Waals surface area contributed by atoms with Gasteiger partial charge in [-0.3, -0.25) is 9.78 Å². The number of nitrogens with zero attached hydrogens (tertiary/aromatic N) is 1. The second-order valence-corrected chi connectivity index (χ2v) is 6.08. The van der Waals surface area contributed by atoms with Crippen molar-refractivity contribution in [3.63, 3.8) is 0 Å². The van der Waals surface area contributed by atoms with Crippen molar-refractivity contribution in [2.24, 2.45) is 0 Å². The van der Waals surface area contributed by atoms with E-state index in [0.29, 0.717) is 12.2 Å². The lowest BCUT2D eigenvalue weighted by Crippen LogP contribution is -2.26. The maximum Gasteiger partial charge on any atom is 0.269 e. The van der Waals surface area contributed by atoms with E-state index in [1.165, 1.54) is 0 Å². The Hall–Kier alpha value is -2.36. The van der Waals surface area contributed by atoms with Gasteiger partial charge in [0.25, 0.3) is 5.91 Å². The molecular formula is C18H22N2O2. The molecule has 1 heterocycles. The molecule has 1 N–H and O–H groups in total. The van der Waals surface area contributed by atoms with E-state index in [-0.39, 0.29) is 11.5 Å². The molecule has 0 saturated carbocycles. The predicted molar refractivity (Wildman–Crippen MR) is 87.1 cm³/mol. The van der Waals surface area contributed by atoms with E-state index in [2.05, 4.69) is 10.3 Å². The second kappa shape index (κ2) is 7.07. The number of nitrogens with one attached hydrogen (secondary N) is 1. The van der Waals surface area contributed by atoms with E-state index in [4.69, 9.17) is 4.74 Å². The number of amides is 1. The molecule has 0 aliphatic rings. The average molecular weight is 298 g/mol. The minimum atomic E-state index is -0.196. The average Bonchev–Trinajstić information content (AvgIpc) is 2.48. The van der Waals surface area contributed by atoms with Gasteiger partial charge in [-0.15, -0.1) is 0 Å². The Morgan fingerprint density at radius 1 is 1.14 bits per heavy atom. The number of carbonyl (C=O) groups is 1. The lowest BCUT2D eigenvalue weighted by atomic mass is 10.1. The van der Waals surface area contributed by atoms with Crippen LogP contribution in [-0.4, -0.2) is 23.0 Å². The predicted octanol–water partition coefficient (Wildman–Crippen LogP) is 3.23. The van der Waals surface area contributed by atoms with Gasteiger partial charge in [0.1, 0.15) is 17.0 Å². The van der Waals surface area contributed by atoms with Crippen LogP contribution in [0.3, 0.4) is 0 Å². The lowest BCUT2D eigenvalue weighted by molar-refractivity contribution is 0.0949. The maximum absolute atomic E-state index is 11.9. The molecule has 0 radical (unpaired) electrons. The van der Waals surface area contributed by atoms with Gasteiger partial charge in [0.05, 0.1) is 0 Å². The molecule has 0 unspecified atom stereocenters. The molecule has 4 nitrogen and oxygen atoms in total. The van der Waals surface area contributed by atoms with Gasteiger partial charge in [-0.05, 0) is 57.0 Å². The monoisotopic (exact) mass is 298 g/mol. The number of hydrogen-bond donors (Lipinski definition) is 1. The molecule has 2 rings (SSSR count). The number of aromatic nitrogens is 1. The highest BCUT2D eigenvalue weighted by Crippen LogP contribution is 2.18. The first-order valence-corrected chi connectivity index (χ1v) is 7.41. The molecule has 0 aliphatic heterocycles. The number of hydrogen-bond acceptors (Lipinski definition) is 3. The molecular weight excluding hydrogens is 276 g/mol. The standard InChI is InChI=1S/C18H22N2O2/c1-18(2,3)22-15-9-7-14(8-10-15)11-13-20-17(21)16-6-4-5-12-19-16/h4-10,12H,11,13H2,1-3H3,(H,20,21). The van der Waals surface area contributed by atoms with Crippen LogP contribution in [0.25, 0.3) is 0 Å². The number of pyridine rings is 1. The van der Waals surface area contributed by atoms with E-state index in [9.17, 15) is 4.79 Å². The van der Waals surface area contributed by atoms with Crippen molar-refractivity contribution in [1.82, 2.24) is 10.3 Å². The summed E-state index contributed by atoms with van der Waals surface area (Å²) in [5.41, 5.74) is 1.40. The number of ether oxygens (including phenoxy) is 1. The summed E-state index contributed by atoms with van der Waals surface area (Å²) >= 11 is 0. The topological polar surface area (TPSA) is 51.2 Å². The third-order valence-corrected chi connectivity index (χ3v) is 2.94. The van der Waals surface area contributed by atoms with Gasteiger partial charge < -0.3 is 10.1 Å². The Balaban J connectivity index is 1.81. The van der Waals surface area contributed by atoms with Gasteiger partial charge in [-0.2, -0.15) is 0 Å². The van der Waals surface area contributed by atoms with Gasteiger partial charge in [-0.25, -0.2) is 0 Å². The Bertz CT molecular complexity index is 601. The van der Waals surface area contributed by atoms with Crippen molar-refractivity contribution in [2.45, 2.75) is 32.8 Å².